The maximum absolute atomic E-state index is 12.0. The highest BCUT2D eigenvalue weighted by molar-refractivity contribution is 9.10. The number of carbonyl (C=O) groups is 1. The second-order valence-corrected chi connectivity index (χ2v) is 6.18. The first-order chi connectivity index (χ1) is 9.15. The predicted molar refractivity (Wildman–Crippen MR) is 81.2 cm³/mol. The maximum Gasteiger partial charge on any atom is 0.220 e. The van der Waals surface area contributed by atoms with Crippen molar-refractivity contribution in [3.8, 4) is 0 Å². The first kappa shape index (κ1) is 14.5. The standard InChI is InChI=1S/C15H21BrN2O/c1-11(12-4-6-13(16)7-5-12)9-15(19)18-14-3-2-8-17-10-14/h4-7,11,14,17H,2-3,8-10H2,1H3,(H,18,19)/t11?,14-/m0/s1. The molecule has 1 fully saturated rings. The van der Waals surface area contributed by atoms with Gasteiger partial charge in [-0.25, -0.2) is 0 Å². The van der Waals surface area contributed by atoms with E-state index in [1.54, 1.807) is 0 Å². The van der Waals surface area contributed by atoms with Gasteiger partial charge in [0.25, 0.3) is 0 Å². The van der Waals surface area contributed by atoms with Crippen LogP contribution >= 0.6 is 15.9 Å². The van der Waals surface area contributed by atoms with Crippen LogP contribution in [0, 0.1) is 0 Å². The van der Waals surface area contributed by atoms with Crippen LogP contribution in [0.4, 0.5) is 0 Å². The zero-order valence-electron chi connectivity index (χ0n) is 11.3. The lowest BCUT2D eigenvalue weighted by Crippen LogP contribution is -2.45. The lowest BCUT2D eigenvalue weighted by atomic mass is 9.97. The summed E-state index contributed by atoms with van der Waals surface area (Å²) in [5, 5.41) is 6.43. The molecule has 3 nitrogen and oxygen atoms in total. The van der Waals surface area contributed by atoms with Gasteiger partial charge in [0.2, 0.25) is 5.91 Å². The predicted octanol–water partition coefficient (Wildman–Crippen LogP) is 2.81. The number of carbonyl (C=O) groups excluding carboxylic acids is 1. The van der Waals surface area contributed by atoms with Gasteiger partial charge in [-0.3, -0.25) is 4.79 Å². The molecule has 104 valence electrons. The van der Waals surface area contributed by atoms with Gasteiger partial charge in [-0.1, -0.05) is 35.0 Å². The molecule has 1 aliphatic rings. The molecule has 1 aliphatic heterocycles. The Bertz CT molecular complexity index is 413. The van der Waals surface area contributed by atoms with Crippen molar-refractivity contribution in [1.29, 1.82) is 0 Å². The Morgan fingerprint density at radius 1 is 1.47 bits per heavy atom. The third-order valence-electron chi connectivity index (χ3n) is 3.59. The van der Waals surface area contributed by atoms with Crippen LogP contribution in [0.5, 0.6) is 0 Å². The van der Waals surface area contributed by atoms with Gasteiger partial charge in [-0.2, -0.15) is 0 Å². The second kappa shape index (κ2) is 7.06. The van der Waals surface area contributed by atoms with Gasteiger partial charge in [-0.15, -0.1) is 0 Å². The molecule has 0 aromatic heterocycles. The van der Waals surface area contributed by atoms with E-state index >= 15 is 0 Å². The van der Waals surface area contributed by atoms with E-state index < -0.39 is 0 Å². The van der Waals surface area contributed by atoms with Crippen molar-refractivity contribution in [2.45, 2.75) is 38.1 Å². The Hall–Kier alpha value is -0.870. The van der Waals surface area contributed by atoms with Gasteiger partial charge in [0.1, 0.15) is 0 Å². The van der Waals surface area contributed by atoms with Gasteiger partial charge >= 0.3 is 0 Å². The van der Waals surface area contributed by atoms with Crippen molar-refractivity contribution in [1.82, 2.24) is 10.6 Å². The highest BCUT2D eigenvalue weighted by Crippen LogP contribution is 2.21. The van der Waals surface area contributed by atoms with E-state index in [9.17, 15) is 4.79 Å². The Morgan fingerprint density at radius 3 is 2.84 bits per heavy atom. The summed E-state index contributed by atoms with van der Waals surface area (Å²) < 4.78 is 1.07. The normalized spacial score (nSPS) is 20.8. The van der Waals surface area contributed by atoms with Crippen molar-refractivity contribution < 1.29 is 4.79 Å². The molecule has 1 amide bonds. The van der Waals surface area contributed by atoms with Gasteiger partial charge < -0.3 is 10.6 Å². The fourth-order valence-corrected chi connectivity index (χ4v) is 2.71. The van der Waals surface area contributed by atoms with Crippen LogP contribution in [0.2, 0.25) is 0 Å². The Kier molecular flexibility index (Phi) is 5.40. The summed E-state index contributed by atoms with van der Waals surface area (Å²) in [6.45, 7) is 4.07. The van der Waals surface area contributed by atoms with E-state index in [2.05, 4.69) is 45.6 Å². The van der Waals surface area contributed by atoms with Crippen molar-refractivity contribution in [2.24, 2.45) is 0 Å². The summed E-state index contributed by atoms with van der Waals surface area (Å²) in [4.78, 5) is 12.0. The molecular weight excluding hydrogens is 304 g/mol. The number of rotatable bonds is 4. The number of hydrogen-bond donors (Lipinski definition) is 2. The number of hydrogen-bond acceptors (Lipinski definition) is 2. The number of amides is 1. The molecule has 0 saturated carbocycles. The van der Waals surface area contributed by atoms with Gasteiger partial charge in [-0.05, 0) is 43.0 Å². The third-order valence-corrected chi connectivity index (χ3v) is 4.12. The van der Waals surface area contributed by atoms with E-state index in [0.29, 0.717) is 12.5 Å². The minimum absolute atomic E-state index is 0.157. The van der Waals surface area contributed by atoms with Gasteiger partial charge in [0.05, 0.1) is 0 Å². The van der Waals surface area contributed by atoms with Crippen LogP contribution in [0.1, 0.15) is 37.7 Å². The highest BCUT2D eigenvalue weighted by Gasteiger charge is 2.17. The molecule has 0 spiro atoms. The molecule has 1 heterocycles. The first-order valence-electron chi connectivity index (χ1n) is 6.90. The summed E-state index contributed by atoms with van der Waals surface area (Å²) in [6, 6.07) is 8.50. The van der Waals surface area contributed by atoms with E-state index in [0.717, 1.165) is 30.4 Å². The molecule has 4 heteroatoms. The first-order valence-corrected chi connectivity index (χ1v) is 7.70. The smallest absolute Gasteiger partial charge is 0.220 e. The van der Waals surface area contributed by atoms with E-state index in [1.165, 1.54) is 5.56 Å². The van der Waals surface area contributed by atoms with Crippen LogP contribution < -0.4 is 10.6 Å². The van der Waals surface area contributed by atoms with Crippen molar-refractivity contribution >= 4 is 21.8 Å². The quantitative estimate of drug-likeness (QED) is 0.894. The van der Waals surface area contributed by atoms with Gasteiger partial charge in [0, 0.05) is 23.5 Å². The summed E-state index contributed by atoms with van der Waals surface area (Å²) in [7, 11) is 0. The Balaban J connectivity index is 1.82. The average Bonchev–Trinajstić information content (AvgIpc) is 2.40. The molecule has 0 bridgehead atoms. The molecule has 1 unspecified atom stereocenters. The van der Waals surface area contributed by atoms with Crippen LogP contribution in [0.15, 0.2) is 28.7 Å². The Labute approximate surface area is 123 Å². The third kappa shape index (κ3) is 4.62. The maximum atomic E-state index is 12.0. The molecular formula is C15H21BrN2O. The zero-order valence-corrected chi connectivity index (χ0v) is 12.9. The molecule has 2 rings (SSSR count). The van der Waals surface area contributed by atoms with Crippen molar-refractivity contribution in [2.75, 3.05) is 13.1 Å². The lowest BCUT2D eigenvalue weighted by molar-refractivity contribution is -0.122. The van der Waals surface area contributed by atoms with E-state index in [1.807, 2.05) is 12.1 Å². The average molecular weight is 325 g/mol. The summed E-state index contributed by atoms with van der Waals surface area (Å²) in [5.74, 6) is 0.411. The molecule has 1 aromatic rings. The van der Waals surface area contributed by atoms with Crippen molar-refractivity contribution in [3.63, 3.8) is 0 Å². The van der Waals surface area contributed by atoms with Gasteiger partial charge in [0.15, 0.2) is 0 Å². The molecule has 0 radical (unpaired) electrons. The summed E-state index contributed by atoms with van der Waals surface area (Å²) >= 11 is 3.42. The van der Waals surface area contributed by atoms with Crippen LogP contribution in [0.3, 0.4) is 0 Å². The van der Waals surface area contributed by atoms with E-state index in [-0.39, 0.29) is 11.8 Å². The molecule has 19 heavy (non-hydrogen) atoms. The second-order valence-electron chi connectivity index (χ2n) is 5.27. The summed E-state index contributed by atoms with van der Waals surface area (Å²) in [5.41, 5.74) is 1.21. The minimum atomic E-state index is 0.157. The minimum Gasteiger partial charge on any atom is -0.352 e. The van der Waals surface area contributed by atoms with Crippen molar-refractivity contribution in [3.05, 3.63) is 34.3 Å². The fraction of sp³-hybridized carbons (Fsp3) is 0.533. The SMILES string of the molecule is CC(CC(=O)N[C@H]1CCCNC1)c1ccc(Br)cc1. The molecule has 0 aliphatic carbocycles. The molecule has 2 atom stereocenters. The van der Waals surface area contributed by atoms with Crippen LogP contribution in [-0.2, 0) is 4.79 Å². The summed E-state index contributed by atoms with van der Waals surface area (Å²) in [6.07, 6.45) is 2.79. The highest BCUT2D eigenvalue weighted by atomic mass is 79.9. The number of nitrogens with one attached hydrogen (secondary N) is 2. The monoisotopic (exact) mass is 324 g/mol. The molecule has 1 saturated heterocycles. The fourth-order valence-electron chi connectivity index (χ4n) is 2.45. The van der Waals surface area contributed by atoms with E-state index in [4.69, 9.17) is 0 Å². The molecule has 2 N–H and O–H groups in total. The van der Waals surface area contributed by atoms with Crippen LogP contribution in [0.25, 0.3) is 0 Å². The largest absolute Gasteiger partial charge is 0.352 e. The number of piperidine rings is 1. The number of halogens is 1. The van der Waals surface area contributed by atoms with Crippen LogP contribution in [-0.4, -0.2) is 25.0 Å². The Morgan fingerprint density at radius 2 is 2.21 bits per heavy atom. The zero-order chi connectivity index (χ0) is 13.7. The topological polar surface area (TPSA) is 41.1 Å². The number of benzene rings is 1. The molecule has 1 aromatic carbocycles. The lowest BCUT2D eigenvalue weighted by Gasteiger charge is -2.24.